The monoisotopic (exact) mass is 350 g/mol. The van der Waals surface area contributed by atoms with Crippen molar-refractivity contribution < 1.29 is 24.5 Å². The Morgan fingerprint density at radius 3 is 2.52 bits per heavy atom. The fraction of sp³-hybridized carbons (Fsp3) is 0.850. The molecule has 0 aromatic heterocycles. The van der Waals surface area contributed by atoms with Crippen LogP contribution in [0.4, 0.5) is 0 Å². The Bertz CT molecular complexity index is 605. The molecule has 6 atom stereocenters. The SMILES string of the molecule is CC1(C)[C@@H](O)CC[C@]2(C)[C@H]1CC[C@]1(CO1)[C@@H]2C/C=C1/C(=O)OC[C@H]1O. The van der Waals surface area contributed by atoms with Gasteiger partial charge in [-0.25, -0.2) is 4.79 Å². The first-order chi connectivity index (χ1) is 11.7. The van der Waals surface area contributed by atoms with Gasteiger partial charge in [0.25, 0.3) is 0 Å². The maximum Gasteiger partial charge on any atom is 0.336 e. The van der Waals surface area contributed by atoms with Crippen LogP contribution in [0.5, 0.6) is 0 Å². The van der Waals surface area contributed by atoms with Gasteiger partial charge in [-0.3, -0.25) is 0 Å². The van der Waals surface area contributed by atoms with Crippen molar-refractivity contribution in [1.29, 1.82) is 0 Å². The number of hydrogen-bond donors (Lipinski definition) is 2. The molecule has 2 saturated heterocycles. The Hall–Kier alpha value is -0.910. The van der Waals surface area contributed by atoms with E-state index in [-0.39, 0.29) is 29.1 Å². The maximum absolute atomic E-state index is 11.8. The summed E-state index contributed by atoms with van der Waals surface area (Å²) in [4.78, 5) is 11.8. The highest BCUT2D eigenvalue weighted by atomic mass is 16.6. The number of fused-ring (bicyclic) bond motifs is 1. The van der Waals surface area contributed by atoms with Gasteiger partial charge in [0.15, 0.2) is 0 Å². The Balaban J connectivity index is 1.65. The molecule has 4 aliphatic rings. The van der Waals surface area contributed by atoms with Crippen molar-refractivity contribution in [2.45, 2.75) is 70.7 Å². The number of esters is 1. The Kier molecular flexibility index (Phi) is 3.88. The maximum atomic E-state index is 11.8. The molecule has 5 nitrogen and oxygen atoms in total. The van der Waals surface area contributed by atoms with Crippen LogP contribution in [0.15, 0.2) is 11.6 Å². The molecule has 0 amide bonds. The lowest BCUT2D eigenvalue weighted by Crippen LogP contribution is -2.58. The van der Waals surface area contributed by atoms with Gasteiger partial charge in [0.2, 0.25) is 0 Å². The minimum atomic E-state index is -0.805. The predicted octanol–water partition coefficient (Wildman–Crippen LogP) is 2.20. The molecule has 4 rings (SSSR count). The Morgan fingerprint density at radius 1 is 1.20 bits per heavy atom. The smallest absolute Gasteiger partial charge is 0.336 e. The predicted molar refractivity (Wildman–Crippen MR) is 91.7 cm³/mol. The lowest BCUT2D eigenvalue weighted by Gasteiger charge is -2.60. The molecule has 2 aliphatic carbocycles. The topological polar surface area (TPSA) is 79.3 Å². The van der Waals surface area contributed by atoms with Gasteiger partial charge in [-0.05, 0) is 54.8 Å². The molecular weight excluding hydrogens is 320 g/mol. The molecule has 5 heteroatoms. The minimum Gasteiger partial charge on any atom is -0.459 e. The number of rotatable bonds is 2. The van der Waals surface area contributed by atoms with E-state index in [2.05, 4.69) is 20.8 Å². The number of allylic oxidation sites excluding steroid dienone is 1. The van der Waals surface area contributed by atoms with Crippen LogP contribution in [0, 0.1) is 22.7 Å². The van der Waals surface area contributed by atoms with E-state index in [1.165, 1.54) is 0 Å². The fourth-order valence-corrected chi connectivity index (χ4v) is 6.21. The van der Waals surface area contributed by atoms with Crippen LogP contribution >= 0.6 is 0 Å². The van der Waals surface area contributed by atoms with Gasteiger partial charge in [-0.2, -0.15) is 0 Å². The van der Waals surface area contributed by atoms with Crippen LogP contribution in [-0.2, 0) is 14.3 Å². The number of aliphatic hydroxyl groups excluding tert-OH is 2. The van der Waals surface area contributed by atoms with E-state index in [1.54, 1.807) is 0 Å². The summed E-state index contributed by atoms with van der Waals surface area (Å²) in [5.74, 6) is 0.344. The molecule has 140 valence electrons. The average Bonchev–Trinajstić information content (AvgIpc) is 3.24. The van der Waals surface area contributed by atoms with Crippen LogP contribution in [0.1, 0.15) is 52.9 Å². The zero-order valence-corrected chi connectivity index (χ0v) is 15.5. The van der Waals surface area contributed by atoms with Crippen molar-refractivity contribution in [3.63, 3.8) is 0 Å². The number of ether oxygens (including phenoxy) is 2. The summed E-state index contributed by atoms with van der Waals surface area (Å²) < 4.78 is 10.9. The van der Waals surface area contributed by atoms with Crippen molar-refractivity contribution in [2.75, 3.05) is 13.2 Å². The van der Waals surface area contributed by atoms with Gasteiger partial charge in [0, 0.05) is 0 Å². The third-order valence-corrected chi connectivity index (χ3v) is 7.85. The molecule has 0 unspecified atom stereocenters. The Labute approximate surface area is 149 Å². The van der Waals surface area contributed by atoms with Crippen LogP contribution in [0.3, 0.4) is 0 Å². The van der Waals surface area contributed by atoms with Crippen LogP contribution in [0.25, 0.3) is 0 Å². The van der Waals surface area contributed by atoms with E-state index >= 15 is 0 Å². The van der Waals surface area contributed by atoms with Crippen molar-refractivity contribution in [3.8, 4) is 0 Å². The first-order valence-electron chi connectivity index (χ1n) is 9.58. The van der Waals surface area contributed by atoms with E-state index in [0.29, 0.717) is 17.4 Å². The third kappa shape index (κ3) is 2.50. The number of carbonyl (C=O) groups excluding carboxylic acids is 1. The molecule has 0 bridgehead atoms. The number of aliphatic hydroxyl groups is 2. The van der Waals surface area contributed by atoms with E-state index in [4.69, 9.17) is 9.47 Å². The zero-order chi connectivity index (χ0) is 18.0. The quantitative estimate of drug-likeness (QED) is 0.453. The fourth-order valence-electron chi connectivity index (χ4n) is 6.21. The summed E-state index contributed by atoms with van der Waals surface area (Å²) in [6.07, 6.45) is 5.44. The van der Waals surface area contributed by atoms with Gasteiger partial charge < -0.3 is 19.7 Å². The Morgan fingerprint density at radius 2 is 1.92 bits per heavy atom. The van der Waals surface area contributed by atoms with Gasteiger partial charge in [-0.15, -0.1) is 0 Å². The summed E-state index contributed by atoms with van der Waals surface area (Å²) in [5, 5.41) is 20.5. The second-order valence-electron chi connectivity index (χ2n) is 9.39. The number of hydrogen-bond acceptors (Lipinski definition) is 5. The van der Waals surface area contributed by atoms with Crippen molar-refractivity contribution in [2.24, 2.45) is 22.7 Å². The van der Waals surface area contributed by atoms with Crippen molar-refractivity contribution in [1.82, 2.24) is 0 Å². The van der Waals surface area contributed by atoms with Crippen LogP contribution < -0.4 is 0 Å². The first-order valence-corrected chi connectivity index (χ1v) is 9.58. The standard InChI is InChI=1S/C20H30O5/c1-18(2)14-6-9-20(11-25-20)15(19(14,3)8-7-16(18)22)5-4-12-13(21)10-24-17(12)23/h4,13-16,21-22H,5-11H2,1-3H3/b12-4+/t13-,14+,15-,16+,19-,20+/m1/s1. The van der Waals surface area contributed by atoms with E-state index < -0.39 is 12.1 Å². The van der Waals surface area contributed by atoms with Crippen LogP contribution in [-0.4, -0.2) is 47.2 Å². The second-order valence-corrected chi connectivity index (χ2v) is 9.39. The summed E-state index contributed by atoms with van der Waals surface area (Å²) >= 11 is 0. The normalized spacial score (nSPS) is 50.0. The highest BCUT2D eigenvalue weighted by Crippen LogP contribution is 2.66. The molecule has 2 aliphatic heterocycles. The molecule has 0 radical (unpaired) electrons. The molecule has 0 aromatic carbocycles. The summed E-state index contributed by atoms with van der Waals surface area (Å²) in [6.45, 7) is 7.59. The van der Waals surface area contributed by atoms with E-state index in [0.717, 1.165) is 38.7 Å². The summed E-state index contributed by atoms with van der Waals surface area (Å²) in [6, 6.07) is 0. The highest BCUT2D eigenvalue weighted by molar-refractivity contribution is 5.91. The molecule has 25 heavy (non-hydrogen) atoms. The van der Waals surface area contributed by atoms with Crippen LogP contribution in [0.2, 0.25) is 0 Å². The van der Waals surface area contributed by atoms with Gasteiger partial charge in [0.1, 0.15) is 12.7 Å². The molecule has 1 spiro atoms. The third-order valence-electron chi connectivity index (χ3n) is 7.85. The van der Waals surface area contributed by atoms with Crippen molar-refractivity contribution in [3.05, 3.63) is 11.6 Å². The van der Waals surface area contributed by atoms with Crippen molar-refractivity contribution >= 4 is 5.97 Å². The summed E-state index contributed by atoms with van der Waals surface area (Å²) in [5.41, 5.74) is 0.285. The van der Waals surface area contributed by atoms with E-state index in [9.17, 15) is 15.0 Å². The lowest BCUT2D eigenvalue weighted by atomic mass is 9.45. The number of epoxide rings is 1. The van der Waals surface area contributed by atoms with Gasteiger partial charge >= 0.3 is 5.97 Å². The molecule has 2 heterocycles. The van der Waals surface area contributed by atoms with E-state index in [1.807, 2.05) is 6.08 Å². The first kappa shape index (κ1) is 17.5. The van der Waals surface area contributed by atoms with Gasteiger partial charge in [-0.1, -0.05) is 26.8 Å². The molecule has 2 N–H and O–H groups in total. The number of carbonyl (C=O) groups is 1. The molecule has 2 saturated carbocycles. The zero-order valence-electron chi connectivity index (χ0n) is 15.5. The lowest BCUT2D eigenvalue weighted by molar-refractivity contribution is -0.153. The highest BCUT2D eigenvalue weighted by Gasteiger charge is 2.66. The summed E-state index contributed by atoms with van der Waals surface area (Å²) in [7, 11) is 0. The number of cyclic esters (lactones) is 1. The second kappa shape index (κ2) is 5.54. The average molecular weight is 350 g/mol. The molecule has 4 fully saturated rings. The van der Waals surface area contributed by atoms with Gasteiger partial charge in [0.05, 0.1) is 23.9 Å². The molecule has 0 aromatic rings. The molecular formula is C20H30O5. The minimum absolute atomic E-state index is 0.0656. The largest absolute Gasteiger partial charge is 0.459 e.